The van der Waals surface area contributed by atoms with E-state index in [2.05, 4.69) is 4.98 Å². The van der Waals surface area contributed by atoms with E-state index in [-0.39, 0.29) is 18.9 Å². The van der Waals surface area contributed by atoms with E-state index >= 15 is 0 Å². The molecule has 1 amide bonds. The van der Waals surface area contributed by atoms with Crippen LogP contribution in [-0.2, 0) is 21.4 Å². The first kappa shape index (κ1) is 15.7. The molecule has 0 spiro atoms. The van der Waals surface area contributed by atoms with Gasteiger partial charge in [0.2, 0.25) is 15.9 Å². The first-order chi connectivity index (χ1) is 10.9. The van der Waals surface area contributed by atoms with Crippen LogP contribution in [-0.4, -0.2) is 40.6 Å². The van der Waals surface area contributed by atoms with Crippen LogP contribution in [0.3, 0.4) is 0 Å². The standard InChI is InChI=1S/C15H18N4O3S/c1-11-17-6-7-19(11)14-5-3-2-4-12(14)9-18-10-13(8-15(18)20)23(16,21)22/h2-7,13H,8-10H2,1H3,(H2,16,21,22). The highest BCUT2D eigenvalue weighted by molar-refractivity contribution is 7.89. The largest absolute Gasteiger partial charge is 0.337 e. The Morgan fingerprint density at radius 2 is 2.09 bits per heavy atom. The Balaban J connectivity index is 1.87. The molecule has 23 heavy (non-hydrogen) atoms. The summed E-state index contributed by atoms with van der Waals surface area (Å²) in [4.78, 5) is 17.8. The second-order valence-electron chi connectivity index (χ2n) is 5.66. The monoisotopic (exact) mass is 334 g/mol. The van der Waals surface area contributed by atoms with Gasteiger partial charge in [0.1, 0.15) is 11.1 Å². The maximum atomic E-state index is 12.1. The lowest BCUT2D eigenvalue weighted by Gasteiger charge is -2.19. The number of likely N-dealkylation sites (tertiary alicyclic amines) is 1. The van der Waals surface area contributed by atoms with E-state index < -0.39 is 15.3 Å². The Kier molecular flexibility index (Phi) is 3.95. The molecule has 1 saturated heterocycles. The molecule has 0 radical (unpaired) electrons. The van der Waals surface area contributed by atoms with E-state index in [0.29, 0.717) is 6.54 Å². The summed E-state index contributed by atoms with van der Waals surface area (Å²) in [5.41, 5.74) is 1.85. The predicted octanol–water partition coefficient (Wildman–Crippen LogP) is 0.570. The molecular weight excluding hydrogens is 316 g/mol. The molecule has 2 N–H and O–H groups in total. The number of hydrogen-bond acceptors (Lipinski definition) is 4. The summed E-state index contributed by atoms with van der Waals surface area (Å²) in [5, 5.41) is 4.34. The lowest BCUT2D eigenvalue weighted by Crippen LogP contribution is -2.32. The van der Waals surface area contributed by atoms with Crippen molar-refractivity contribution >= 4 is 15.9 Å². The van der Waals surface area contributed by atoms with Gasteiger partial charge in [0.25, 0.3) is 0 Å². The van der Waals surface area contributed by atoms with Crippen molar-refractivity contribution in [1.82, 2.24) is 14.5 Å². The van der Waals surface area contributed by atoms with Crippen molar-refractivity contribution in [2.45, 2.75) is 25.1 Å². The van der Waals surface area contributed by atoms with Crippen LogP contribution in [0.5, 0.6) is 0 Å². The number of sulfonamides is 1. The van der Waals surface area contributed by atoms with Crippen molar-refractivity contribution in [2.24, 2.45) is 5.14 Å². The molecule has 8 heteroatoms. The number of hydrogen-bond donors (Lipinski definition) is 1. The van der Waals surface area contributed by atoms with Crippen molar-refractivity contribution in [3.8, 4) is 5.69 Å². The maximum absolute atomic E-state index is 12.1. The van der Waals surface area contributed by atoms with E-state index in [4.69, 9.17) is 5.14 Å². The fraction of sp³-hybridized carbons (Fsp3) is 0.333. The van der Waals surface area contributed by atoms with Crippen LogP contribution in [0, 0.1) is 6.92 Å². The summed E-state index contributed by atoms with van der Waals surface area (Å²) < 4.78 is 24.9. The van der Waals surface area contributed by atoms with Crippen LogP contribution in [0.4, 0.5) is 0 Å². The van der Waals surface area contributed by atoms with E-state index in [1.54, 1.807) is 11.1 Å². The molecule has 122 valence electrons. The van der Waals surface area contributed by atoms with Gasteiger partial charge in [0, 0.05) is 31.9 Å². The average molecular weight is 334 g/mol. The van der Waals surface area contributed by atoms with Crippen LogP contribution < -0.4 is 5.14 Å². The van der Waals surface area contributed by atoms with Gasteiger partial charge >= 0.3 is 0 Å². The molecule has 0 saturated carbocycles. The minimum Gasteiger partial charge on any atom is -0.337 e. The number of aryl methyl sites for hydroxylation is 1. The van der Waals surface area contributed by atoms with Gasteiger partial charge in [-0.15, -0.1) is 0 Å². The second-order valence-corrected chi connectivity index (χ2v) is 7.51. The number of primary sulfonamides is 1. The average Bonchev–Trinajstić information content (AvgIpc) is 3.06. The highest BCUT2D eigenvalue weighted by Gasteiger charge is 2.36. The number of para-hydroxylation sites is 1. The van der Waals surface area contributed by atoms with Crippen LogP contribution in [0.15, 0.2) is 36.7 Å². The zero-order chi connectivity index (χ0) is 16.6. The molecule has 1 atom stereocenters. The topological polar surface area (TPSA) is 98.3 Å². The number of carbonyl (C=O) groups is 1. The van der Waals surface area contributed by atoms with Gasteiger partial charge in [-0.05, 0) is 18.6 Å². The first-order valence-corrected chi connectivity index (χ1v) is 8.85. The highest BCUT2D eigenvalue weighted by Crippen LogP contribution is 2.23. The molecule has 2 aromatic rings. The Hall–Kier alpha value is -2.19. The molecule has 1 aromatic heterocycles. The molecule has 7 nitrogen and oxygen atoms in total. The lowest BCUT2D eigenvalue weighted by atomic mass is 10.1. The third-order valence-corrected chi connectivity index (χ3v) is 5.33. The molecule has 1 unspecified atom stereocenters. The number of imidazole rings is 1. The van der Waals surface area contributed by atoms with Gasteiger partial charge in [-0.3, -0.25) is 4.79 Å². The first-order valence-electron chi connectivity index (χ1n) is 7.24. The minimum atomic E-state index is -3.70. The van der Waals surface area contributed by atoms with Crippen LogP contribution in [0.1, 0.15) is 17.8 Å². The Labute approximate surface area is 134 Å². The second kappa shape index (κ2) is 5.78. The van der Waals surface area contributed by atoms with Crippen molar-refractivity contribution in [1.29, 1.82) is 0 Å². The van der Waals surface area contributed by atoms with Gasteiger partial charge in [-0.1, -0.05) is 18.2 Å². The zero-order valence-electron chi connectivity index (χ0n) is 12.7. The van der Waals surface area contributed by atoms with Gasteiger partial charge in [-0.25, -0.2) is 18.5 Å². The molecule has 1 fully saturated rings. The smallest absolute Gasteiger partial charge is 0.224 e. The highest BCUT2D eigenvalue weighted by atomic mass is 32.2. The zero-order valence-corrected chi connectivity index (χ0v) is 13.5. The van der Waals surface area contributed by atoms with Gasteiger partial charge in [0.15, 0.2) is 0 Å². The van der Waals surface area contributed by atoms with Crippen LogP contribution in [0.25, 0.3) is 5.69 Å². The van der Waals surface area contributed by atoms with E-state index in [9.17, 15) is 13.2 Å². The summed E-state index contributed by atoms with van der Waals surface area (Å²) in [6, 6.07) is 7.67. The Morgan fingerprint density at radius 1 is 1.35 bits per heavy atom. The summed E-state index contributed by atoms with van der Waals surface area (Å²) in [5.74, 6) is 0.647. The number of amides is 1. The minimum absolute atomic E-state index is 0.0505. The molecular formula is C15H18N4O3S. The normalized spacial score (nSPS) is 18.6. The van der Waals surface area contributed by atoms with Crippen LogP contribution in [0.2, 0.25) is 0 Å². The number of aromatic nitrogens is 2. The van der Waals surface area contributed by atoms with E-state index in [1.807, 2.05) is 42.0 Å². The number of rotatable bonds is 4. The molecule has 1 aliphatic heterocycles. The fourth-order valence-corrected chi connectivity index (χ4v) is 3.59. The third kappa shape index (κ3) is 3.13. The van der Waals surface area contributed by atoms with Gasteiger partial charge in [-0.2, -0.15) is 0 Å². The summed E-state index contributed by atoms with van der Waals surface area (Å²) >= 11 is 0. The molecule has 0 bridgehead atoms. The number of nitrogens with zero attached hydrogens (tertiary/aromatic N) is 3. The molecule has 1 aliphatic rings. The maximum Gasteiger partial charge on any atom is 0.224 e. The summed E-state index contributed by atoms with van der Waals surface area (Å²) in [6.45, 7) is 2.38. The fourth-order valence-electron chi connectivity index (χ4n) is 2.83. The van der Waals surface area contributed by atoms with Gasteiger partial charge in [0.05, 0.1) is 5.69 Å². The molecule has 1 aromatic carbocycles. The van der Waals surface area contributed by atoms with Crippen molar-refractivity contribution < 1.29 is 13.2 Å². The number of benzene rings is 1. The van der Waals surface area contributed by atoms with E-state index in [0.717, 1.165) is 17.1 Å². The summed E-state index contributed by atoms with van der Waals surface area (Å²) in [6.07, 6.45) is 3.52. The van der Waals surface area contributed by atoms with Crippen molar-refractivity contribution in [3.05, 3.63) is 48.0 Å². The molecule has 3 rings (SSSR count). The number of carbonyl (C=O) groups excluding carboxylic acids is 1. The lowest BCUT2D eigenvalue weighted by molar-refractivity contribution is -0.128. The molecule has 2 heterocycles. The Morgan fingerprint density at radius 3 is 2.70 bits per heavy atom. The van der Waals surface area contributed by atoms with E-state index in [1.165, 1.54) is 0 Å². The van der Waals surface area contributed by atoms with Crippen molar-refractivity contribution in [3.63, 3.8) is 0 Å². The SMILES string of the molecule is Cc1nccn1-c1ccccc1CN1CC(S(N)(=O)=O)CC1=O. The van der Waals surface area contributed by atoms with Crippen molar-refractivity contribution in [2.75, 3.05) is 6.54 Å². The van der Waals surface area contributed by atoms with Crippen LogP contribution >= 0.6 is 0 Å². The Bertz CT molecular complexity index is 844. The summed E-state index contributed by atoms with van der Waals surface area (Å²) in [7, 11) is -3.70. The molecule has 0 aliphatic carbocycles. The number of nitrogens with two attached hydrogens (primary N) is 1. The van der Waals surface area contributed by atoms with Gasteiger partial charge < -0.3 is 9.47 Å². The third-order valence-electron chi connectivity index (χ3n) is 4.08. The quantitative estimate of drug-likeness (QED) is 0.884. The predicted molar refractivity (Wildman–Crippen MR) is 85.2 cm³/mol.